The monoisotopic (exact) mass is 393 g/mol. The van der Waals surface area contributed by atoms with Crippen LogP contribution in [0.2, 0.25) is 0 Å². The molecule has 2 aromatic carbocycles. The van der Waals surface area contributed by atoms with Crippen LogP contribution < -0.4 is 10.1 Å². The van der Waals surface area contributed by atoms with Gasteiger partial charge in [-0.25, -0.2) is 8.42 Å². The summed E-state index contributed by atoms with van der Waals surface area (Å²) in [7, 11) is -1.77. The molecule has 0 aliphatic heterocycles. The minimum atomic E-state index is -4.26. The molecule has 1 amide bonds. The molecular formula is C17H19N3O6S. The van der Waals surface area contributed by atoms with Gasteiger partial charge in [-0.3, -0.25) is 14.9 Å². The van der Waals surface area contributed by atoms with Gasteiger partial charge in [-0.15, -0.1) is 0 Å². The fourth-order valence-corrected chi connectivity index (χ4v) is 3.54. The molecule has 0 bridgehead atoms. The van der Waals surface area contributed by atoms with E-state index in [0.29, 0.717) is 5.69 Å². The molecule has 2 rings (SSSR count). The SMILES string of the molecule is COc1ccc(S(=O)(=O)N(C)CC(=O)Nc2ccc(C)cc2)c([N+](=O)[O-])c1. The topological polar surface area (TPSA) is 119 Å². The van der Waals surface area contributed by atoms with Gasteiger partial charge in [0.25, 0.3) is 5.69 Å². The summed E-state index contributed by atoms with van der Waals surface area (Å²) < 4.78 is 31.0. The Bertz CT molecular complexity index is 957. The number of nitrogens with zero attached hydrogens (tertiary/aromatic N) is 2. The Balaban J connectivity index is 2.22. The molecule has 0 radical (unpaired) electrons. The summed E-state index contributed by atoms with van der Waals surface area (Å²) in [4.78, 5) is 22.0. The number of hydrogen-bond donors (Lipinski definition) is 1. The van der Waals surface area contributed by atoms with Crippen LogP contribution in [-0.2, 0) is 14.8 Å². The lowest BCUT2D eigenvalue weighted by molar-refractivity contribution is -0.387. The number of rotatable bonds is 7. The van der Waals surface area contributed by atoms with E-state index in [1.54, 1.807) is 24.3 Å². The Morgan fingerprint density at radius 2 is 1.85 bits per heavy atom. The number of hydrogen-bond acceptors (Lipinski definition) is 6. The van der Waals surface area contributed by atoms with Crippen molar-refractivity contribution in [2.24, 2.45) is 0 Å². The zero-order valence-electron chi connectivity index (χ0n) is 15.0. The third-order valence-corrected chi connectivity index (χ3v) is 5.60. The maximum atomic E-state index is 12.7. The zero-order valence-corrected chi connectivity index (χ0v) is 15.8. The molecule has 2 aromatic rings. The standard InChI is InChI=1S/C17H19N3O6S/c1-12-4-6-13(7-5-12)18-17(21)11-19(2)27(24,25)16-9-8-14(26-3)10-15(16)20(22)23/h4-10H,11H2,1-3H3,(H,18,21). The normalized spacial score (nSPS) is 11.3. The molecule has 0 saturated carbocycles. The summed E-state index contributed by atoms with van der Waals surface area (Å²) in [6, 6.07) is 10.4. The summed E-state index contributed by atoms with van der Waals surface area (Å²) in [5.41, 5.74) is 0.909. The summed E-state index contributed by atoms with van der Waals surface area (Å²) in [5.74, 6) is -0.415. The van der Waals surface area contributed by atoms with Crippen molar-refractivity contribution in [3.63, 3.8) is 0 Å². The van der Waals surface area contributed by atoms with E-state index in [0.717, 1.165) is 22.0 Å². The van der Waals surface area contributed by atoms with E-state index in [1.807, 2.05) is 6.92 Å². The average molecular weight is 393 g/mol. The van der Waals surface area contributed by atoms with E-state index in [1.165, 1.54) is 20.2 Å². The summed E-state index contributed by atoms with van der Waals surface area (Å²) in [5, 5.41) is 13.8. The first-order chi connectivity index (χ1) is 12.6. The molecule has 9 nitrogen and oxygen atoms in total. The molecule has 0 spiro atoms. The number of likely N-dealkylation sites (N-methyl/N-ethyl adjacent to an activating group) is 1. The lowest BCUT2D eigenvalue weighted by atomic mass is 10.2. The number of methoxy groups -OCH3 is 1. The minimum Gasteiger partial charge on any atom is -0.497 e. The van der Waals surface area contributed by atoms with Gasteiger partial charge in [0.2, 0.25) is 15.9 Å². The number of amides is 1. The predicted molar refractivity (Wildman–Crippen MR) is 99.3 cm³/mol. The van der Waals surface area contributed by atoms with Crippen molar-refractivity contribution in [3.8, 4) is 5.75 Å². The first kappa shape index (κ1) is 20.3. The maximum Gasteiger partial charge on any atom is 0.293 e. The number of sulfonamides is 1. The van der Waals surface area contributed by atoms with E-state index < -0.39 is 38.0 Å². The van der Waals surface area contributed by atoms with E-state index >= 15 is 0 Å². The Hall–Kier alpha value is -2.98. The van der Waals surface area contributed by atoms with Crippen molar-refractivity contribution in [3.05, 3.63) is 58.1 Å². The zero-order chi connectivity index (χ0) is 20.2. The van der Waals surface area contributed by atoms with Gasteiger partial charge < -0.3 is 10.1 Å². The van der Waals surface area contributed by atoms with Crippen molar-refractivity contribution in [1.29, 1.82) is 0 Å². The number of aryl methyl sites for hydroxylation is 1. The molecule has 10 heteroatoms. The Kier molecular flexibility index (Phi) is 6.13. The lowest BCUT2D eigenvalue weighted by Crippen LogP contribution is -2.35. The molecule has 144 valence electrons. The highest BCUT2D eigenvalue weighted by molar-refractivity contribution is 7.89. The Morgan fingerprint density at radius 3 is 2.41 bits per heavy atom. The molecule has 0 aliphatic rings. The molecule has 0 fully saturated rings. The third-order valence-electron chi connectivity index (χ3n) is 3.75. The number of ether oxygens (including phenoxy) is 1. The van der Waals surface area contributed by atoms with Gasteiger partial charge in [0.1, 0.15) is 5.75 Å². The highest BCUT2D eigenvalue weighted by atomic mass is 32.2. The van der Waals surface area contributed by atoms with Crippen LogP contribution in [0.25, 0.3) is 0 Å². The number of carbonyl (C=O) groups excluding carboxylic acids is 1. The highest BCUT2D eigenvalue weighted by Gasteiger charge is 2.31. The largest absolute Gasteiger partial charge is 0.497 e. The molecule has 0 heterocycles. The molecule has 27 heavy (non-hydrogen) atoms. The molecule has 0 aromatic heterocycles. The number of nitro benzene ring substituents is 1. The van der Waals surface area contributed by atoms with Crippen LogP contribution in [0.1, 0.15) is 5.56 Å². The fraction of sp³-hybridized carbons (Fsp3) is 0.235. The lowest BCUT2D eigenvalue weighted by Gasteiger charge is -2.17. The minimum absolute atomic E-state index is 0.153. The molecule has 1 N–H and O–H groups in total. The highest BCUT2D eigenvalue weighted by Crippen LogP contribution is 2.30. The third kappa shape index (κ3) is 4.80. The van der Waals surface area contributed by atoms with Crippen molar-refractivity contribution >= 4 is 27.3 Å². The van der Waals surface area contributed by atoms with Crippen molar-refractivity contribution in [2.75, 3.05) is 26.0 Å². The van der Waals surface area contributed by atoms with Gasteiger partial charge in [0.15, 0.2) is 4.90 Å². The van der Waals surface area contributed by atoms with Gasteiger partial charge in [-0.05, 0) is 31.2 Å². The molecule has 0 unspecified atom stereocenters. The average Bonchev–Trinajstić information content (AvgIpc) is 2.62. The first-order valence-electron chi connectivity index (χ1n) is 7.80. The van der Waals surface area contributed by atoms with Gasteiger partial charge in [-0.1, -0.05) is 17.7 Å². The number of anilines is 1. The van der Waals surface area contributed by atoms with Crippen LogP contribution in [0.5, 0.6) is 5.75 Å². The van der Waals surface area contributed by atoms with Gasteiger partial charge in [-0.2, -0.15) is 4.31 Å². The van der Waals surface area contributed by atoms with Crippen molar-refractivity contribution in [2.45, 2.75) is 11.8 Å². The van der Waals surface area contributed by atoms with Crippen LogP contribution >= 0.6 is 0 Å². The fourth-order valence-electron chi connectivity index (χ4n) is 2.28. The Labute approximate surface area is 156 Å². The van der Waals surface area contributed by atoms with E-state index in [-0.39, 0.29) is 5.75 Å². The predicted octanol–water partition coefficient (Wildman–Crippen LogP) is 2.17. The summed E-state index contributed by atoms with van der Waals surface area (Å²) in [6.45, 7) is 1.40. The van der Waals surface area contributed by atoms with Crippen LogP contribution in [-0.4, -0.2) is 44.3 Å². The number of benzene rings is 2. The van der Waals surface area contributed by atoms with Crippen LogP contribution in [0.4, 0.5) is 11.4 Å². The quantitative estimate of drug-likeness (QED) is 0.569. The van der Waals surface area contributed by atoms with E-state index in [2.05, 4.69) is 5.32 Å². The Morgan fingerprint density at radius 1 is 1.22 bits per heavy atom. The second kappa shape index (κ2) is 8.14. The molecule has 0 saturated heterocycles. The second-order valence-electron chi connectivity index (χ2n) is 5.77. The van der Waals surface area contributed by atoms with Crippen molar-refractivity contribution < 1.29 is 22.9 Å². The molecule has 0 atom stereocenters. The van der Waals surface area contributed by atoms with E-state index in [9.17, 15) is 23.3 Å². The summed E-state index contributed by atoms with van der Waals surface area (Å²) in [6.07, 6.45) is 0. The number of nitrogens with one attached hydrogen (secondary N) is 1. The number of nitro groups is 1. The smallest absolute Gasteiger partial charge is 0.293 e. The van der Waals surface area contributed by atoms with Crippen LogP contribution in [0, 0.1) is 17.0 Å². The van der Waals surface area contributed by atoms with Gasteiger partial charge >= 0.3 is 0 Å². The van der Waals surface area contributed by atoms with Gasteiger partial charge in [0.05, 0.1) is 24.6 Å². The van der Waals surface area contributed by atoms with Crippen LogP contribution in [0.3, 0.4) is 0 Å². The second-order valence-corrected chi connectivity index (χ2v) is 7.78. The summed E-state index contributed by atoms with van der Waals surface area (Å²) >= 11 is 0. The van der Waals surface area contributed by atoms with E-state index in [4.69, 9.17) is 4.74 Å². The van der Waals surface area contributed by atoms with Crippen LogP contribution in [0.15, 0.2) is 47.4 Å². The number of carbonyl (C=O) groups is 1. The maximum absolute atomic E-state index is 12.7. The van der Waals surface area contributed by atoms with Crippen molar-refractivity contribution in [1.82, 2.24) is 4.31 Å². The molecular weight excluding hydrogens is 374 g/mol. The molecule has 0 aliphatic carbocycles. The van der Waals surface area contributed by atoms with Gasteiger partial charge in [0, 0.05) is 12.7 Å². The first-order valence-corrected chi connectivity index (χ1v) is 9.24.